The Balaban J connectivity index is 1.84. The number of hydrogen-bond donors (Lipinski definition) is 1. The molecule has 0 unspecified atom stereocenters. The number of halogens is 2. The van der Waals surface area contributed by atoms with Gasteiger partial charge >= 0.3 is 0 Å². The largest absolute Gasteiger partial charge is 0.492 e. The Morgan fingerprint density at radius 3 is 2.83 bits per heavy atom. The second kappa shape index (κ2) is 6.65. The van der Waals surface area contributed by atoms with E-state index in [2.05, 4.69) is 24.3 Å². The molecule has 0 spiro atoms. The third-order valence-electron chi connectivity index (χ3n) is 4.15. The van der Waals surface area contributed by atoms with E-state index in [1.165, 1.54) is 0 Å². The molecule has 1 aliphatic heterocycles. The minimum absolute atomic E-state index is 0.180. The molecular formula is C17H19Cl2N3O2. The minimum atomic E-state index is -0.207. The van der Waals surface area contributed by atoms with Gasteiger partial charge in [0.2, 0.25) is 0 Å². The van der Waals surface area contributed by atoms with Crippen molar-refractivity contribution in [2.75, 3.05) is 6.61 Å². The van der Waals surface area contributed by atoms with E-state index in [-0.39, 0.29) is 11.9 Å². The molecule has 3 rings (SSSR count). The predicted molar refractivity (Wildman–Crippen MR) is 94.1 cm³/mol. The van der Waals surface area contributed by atoms with Crippen molar-refractivity contribution in [3.8, 4) is 5.75 Å². The first-order valence-electron chi connectivity index (χ1n) is 7.84. The van der Waals surface area contributed by atoms with Crippen LogP contribution in [0.15, 0.2) is 18.2 Å². The van der Waals surface area contributed by atoms with Gasteiger partial charge in [-0.05, 0) is 18.1 Å². The molecular weight excluding hydrogens is 349 g/mol. The molecule has 0 bridgehead atoms. The number of benzene rings is 1. The lowest BCUT2D eigenvalue weighted by Crippen LogP contribution is -2.32. The third-order valence-corrected chi connectivity index (χ3v) is 4.94. The molecule has 7 heteroatoms. The van der Waals surface area contributed by atoms with E-state index in [9.17, 15) is 4.79 Å². The molecule has 2 aromatic rings. The van der Waals surface area contributed by atoms with Crippen molar-refractivity contribution in [1.82, 2.24) is 15.1 Å². The zero-order valence-electron chi connectivity index (χ0n) is 13.8. The van der Waals surface area contributed by atoms with Crippen LogP contribution in [-0.2, 0) is 7.05 Å². The van der Waals surface area contributed by atoms with Crippen molar-refractivity contribution < 1.29 is 9.53 Å². The van der Waals surface area contributed by atoms with Crippen molar-refractivity contribution in [2.45, 2.75) is 32.2 Å². The van der Waals surface area contributed by atoms with E-state index >= 15 is 0 Å². The Hall–Kier alpha value is -1.72. The summed E-state index contributed by atoms with van der Waals surface area (Å²) in [5.41, 5.74) is 2.26. The fraction of sp³-hybridized carbons (Fsp3) is 0.412. The number of rotatable bonds is 3. The van der Waals surface area contributed by atoms with Gasteiger partial charge in [0.25, 0.3) is 5.91 Å². The van der Waals surface area contributed by atoms with Crippen LogP contribution in [0, 0.1) is 0 Å². The monoisotopic (exact) mass is 367 g/mol. The summed E-state index contributed by atoms with van der Waals surface area (Å²) < 4.78 is 7.36. The maximum Gasteiger partial charge on any atom is 0.272 e. The number of hydrogen-bond acceptors (Lipinski definition) is 3. The van der Waals surface area contributed by atoms with Gasteiger partial charge in [-0.25, -0.2) is 0 Å². The Morgan fingerprint density at radius 2 is 2.17 bits per heavy atom. The molecule has 128 valence electrons. The van der Waals surface area contributed by atoms with Gasteiger partial charge in [0.1, 0.15) is 16.5 Å². The summed E-state index contributed by atoms with van der Waals surface area (Å²) in [7, 11) is 1.84. The molecule has 5 nitrogen and oxygen atoms in total. The molecule has 1 atom stereocenters. The summed E-state index contributed by atoms with van der Waals surface area (Å²) in [5.74, 6) is 0.639. The number of nitrogens with zero attached hydrogens (tertiary/aromatic N) is 2. The zero-order chi connectivity index (χ0) is 17.4. The fourth-order valence-electron chi connectivity index (χ4n) is 2.92. The lowest BCUT2D eigenvalue weighted by molar-refractivity contribution is 0.0919. The van der Waals surface area contributed by atoms with E-state index in [1.807, 2.05) is 19.2 Å². The number of fused-ring (bicyclic) bond motifs is 1. The highest BCUT2D eigenvalue weighted by Gasteiger charge is 2.27. The quantitative estimate of drug-likeness (QED) is 0.887. The average Bonchev–Trinajstić information content (AvgIpc) is 2.94. The Morgan fingerprint density at radius 1 is 1.42 bits per heavy atom. The summed E-state index contributed by atoms with van der Waals surface area (Å²) in [6.07, 6.45) is 0.667. The number of nitrogens with one attached hydrogen (secondary N) is 1. The standard InChI is InChI=1S/C17H19Cl2N3O2/c1-9(2)14-8-13(21-22(14)3)17(23)20-12-6-7-24-16-10(12)4-5-11(18)15(16)19/h4-5,8-9,12H,6-7H2,1-3H3,(H,20,23)/t12-/m0/s1. The van der Waals surface area contributed by atoms with Crippen LogP contribution in [0.3, 0.4) is 0 Å². The summed E-state index contributed by atoms with van der Waals surface area (Å²) >= 11 is 12.2. The van der Waals surface area contributed by atoms with Gasteiger partial charge in [-0.1, -0.05) is 43.1 Å². The third kappa shape index (κ3) is 3.10. The second-order valence-electron chi connectivity index (χ2n) is 6.18. The van der Waals surface area contributed by atoms with Crippen molar-refractivity contribution >= 4 is 29.1 Å². The van der Waals surface area contributed by atoms with Crippen LogP contribution in [-0.4, -0.2) is 22.3 Å². The van der Waals surface area contributed by atoms with Crippen LogP contribution in [0.25, 0.3) is 0 Å². The summed E-state index contributed by atoms with van der Waals surface area (Å²) in [6, 6.07) is 5.20. The van der Waals surface area contributed by atoms with E-state index < -0.39 is 0 Å². The topological polar surface area (TPSA) is 56.1 Å². The highest BCUT2D eigenvalue weighted by Crippen LogP contribution is 2.41. The van der Waals surface area contributed by atoms with Gasteiger partial charge in [0.15, 0.2) is 0 Å². The molecule has 1 aromatic carbocycles. The van der Waals surface area contributed by atoms with E-state index in [0.717, 1.165) is 11.3 Å². The van der Waals surface area contributed by atoms with Gasteiger partial charge in [0, 0.05) is 24.7 Å². The van der Waals surface area contributed by atoms with Crippen molar-refractivity contribution in [3.05, 3.63) is 45.2 Å². The number of aromatic nitrogens is 2. The maximum absolute atomic E-state index is 12.6. The number of carbonyl (C=O) groups excluding carboxylic acids is 1. The molecule has 24 heavy (non-hydrogen) atoms. The van der Waals surface area contributed by atoms with E-state index in [0.29, 0.717) is 40.4 Å². The number of ether oxygens (including phenoxy) is 1. The Bertz CT molecular complexity index is 786. The van der Waals surface area contributed by atoms with Crippen LogP contribution in [0.1, 0.15) is 54.0 Å². The average molecular weight is 368 g/mol. The number of aryl methyl sites for hydroxylation is 1. The number of amides is 1. The molecule has 1 amide bonds. The molecule has 0 saturated heterocycles. The zero-order valence-corrected chi connectivity index (χ0v) is 15.3. The van der Waals surface area contributed by atoms with Crippen LogP contribution in [0.2, 0.25) is 10.0 Å². The smallest absolute Gasteiger partial charge is 0.272 e. The van der Waals surface area contributed by atoms with Crippen LogP contribution in [0.4, 0.5) is 0 Å². The van der Waals surface area contributed by atoms with Crippen molar-refractivity contribution in [3.63, 3.8) is 0 Å². The molecule has 0 saturated carbocycles. The summed E-state index contributed by atoms with van der Waals surface area (Å²) in [6.45, 7) is 4.61. The maximum atomic E-state index is 12.6. The molecule has 1 aliphatic rings. The van der Waals surface area contributed by atoms with Gasteiger partial charge < -0.3 is 10.1 Å². The van der Waals surface area contributed by atoms with Crippen LogP contribution < -0.4 is 10.1 Å². The molecule has 1 N–H and O–H groups in total. The molecule has 0 radical (unpaired) electrons. The lowest BCUT2D eigenvalue weighted by atomic mass is 10.0. The van der Waals surface area contributed by atoms with E-state index in [1.54, 1.807) is 10.7 Å². The Labute approximate surface area is 150 Å². The first kappa shape index (κ1) is 17.1. The summed E-state index contributed by atoms with van der Waals surface area (Å²) in [4.78, 5) is 12.6. The second-order valence-corrected chi connectivity index (χ2v) is 6.96. The SMILES string of the molecule is CC(C)c1cc(C(=O)N[C@H]2CCOc3c2ccc(Cl)c3Cl)nn1C. The molecule has 2 heterocycles. The van der Waals surface area contributed by atoms with E-state index in [4.69, 9.17) is 27.9 Å². The fourth-order valence-corrected chi connectivity index (χ4v) is 3.29. The van der Waals surface area contributed by atoms with Crippen molar-refractivity contribution in [1.29, 1.82) is 0 Å². The highest BCUT2D eigenvalue weighted by atomic mass is 35.5. The normalized spacial score (nSPS) is 16.7. The number of carbonyl (C=O) groups is 1. The van der Waals surface area contributed by atoms with Gasteiger partial charge in [-0.15, -0.1) is 0 Å². The van der Waals surface area contributed by atoms with Gasteiger partial charge in [0.05, 0.1) is 17.7 Å². The van der Waals surface area contributed by atoms with Gasteiger partial charge in [-0.3, -0.25) is 9.48 Å². The predicted octanol–water partition coefficient (Wildman–Crippen LogP) is 4.10. The molecule has 0 aliphatic carbocycles. The lowest BCUT2D eigenvalue weighted by Gasteiger charge is -2.27. The highest BCUT2D eigenvalue weighted by molar-refractivity contribution is 6.43. The Kier molecular flexibility index (Phi) is 4.74. The van der Waals surface area contributed by atoms with Gasteiger partial charge in [-0.2, -0.15) is 5.10 Å². The van der Waals surface area contributed by atoms with Crippen LogP contribution in [0.5, 0.6) is 5.75 Å². The van der Waals surface area contributed by atoms with Crippen LogP contribution >= 0.6 is 23.2 Å². The molecule has 0 fully saturated rings. The molecule has 1 aromatic heterocycles. The summed E-state index contributed by atoms with van der Waals surface area (Å²) in [5, 5.41) is 8.15. The minimum Gasteiger partial charge on any atom is -0.492 e. The first-order chi connectivity index (χ1) is 11.4. The van der Waals surface area contributed by atoms with Crippen molar-refractivity contribution in [2.24, 2.45) is 7.05 Å². The first-order valence-corrected chi connectivity index (χ1v) is 8.59.